The lowest BCUT2D eigenvalue weighted by Crippen LogP contribution is -2.55. The summed E-state index contributed by atoms with van der Waals surface area (Å²) in [6.07, 6.45) is 8.93. The Labute approximate surface area is 155 Å². The first-order valence-electron chi connectivity index (χ1n) is 10.2. The Bertz CT molecular complexity index is 681. The second-order valence-electron chi connectivity index (χ2n) is 8.49. The smallest absolute Gasteiger partial charge is 0.272 e. The summed E-state index contributed by atoms with van der Waals surface area (Å²) in [5.41, 5.74) is 0.789. The average molecular weight is 358 g/mol. The van der Waals surface area contributed by atoms with Gasteiger partial charge in [-0.1, -0.05) is 6.92 Å². The molecular weight excluding hydrogens is 328 g/mol. The minimum atomic E-state index is 0.0896. The SMILES string of the molecule is CCCn1nccc1C(=O)N1CCC[C@@]2(CCC(=O)N(CC3CC3)C2)C1. The molecule has 1 spiro atoms. The topological polar surface area (TPSA) is 58.4 Å². The molecule has 4 rings (SSSR count). The normalized spacial score (nSPS) is 26.6. The van der Waals surface area contributed by atoms with Crippen molar-refractivity contribution in [3.05, 3.63) is 18.0 Å². The van der Waals surface area contributed by atoms with Crippen molar-refractivity contribution in [3.8, 4) is 0 Å². The number of carbonyl (C=O) groups is 2. The van der Waals surface area contributed by atoms with Gasteiger partial charge >= 0.3 is 0 Å². The van der Waals surface area contributed by atoms with Gasteiger partial charge in [0.25, 0.3) is 5.91 Å². The second-order valence-corrected chi connectivity index (χ2v) is 8.49. The standard InChI is InChI=1S/C20H30N4O2/c1-2-11-24-17(7-10-21-24)19(26)22-12-3-8-20(14-22)9-6-18(25)23(15-20)13-16-4-5-16/h7,10,16H,2-6,8-9,11-15H2,1H3/t20-/m1/s1. The fourth-order valence-corrected chi connectivity index (χ4v) is 4.66. The monoisotopic (exact) mass is 358 g/mol. The molecule has 142 valence electrons. The summed E-state index contributed by atoms with van der Waals surface area (Å²) < 4.78 is 1.83. The summed E-state index contributed by atoms with van der Waals surface area (Å²) in [6.45, 7) is 6.22. The van der Waals surface area contributed by atoms with Crippen LogP contribution in [0.3, 0.4) is 0 Å². The Balaban J connectivity index is 1.47. The fraction of sp³-hybridized carbons (Fsp3) is 0.750. The maximum absolute atomic E-state index is 13.1. The summed E-state index contributed by atoms with van der Waals surface area (Å²) in [6, 6.07) is 1.84. The van der Waals surface area contributed by atoms with E-state index < -0.39 is 0 Å². The zero-order chi connectivity index (χ0) is 18.1. The van der Waals surface area contributed by atoms with E-state index in [0.29, 0.717) is 18.0 Å². The molecule has 3 aliphatic rings. The van der Waals surface area contributed by atoms with Crippen LogP contribution in [-0.4, -0.2) is 57.6 Å². The third-order valence-corrected chi connectivity index (χ3v) is 6.24. The van der Waals surface area contributed by atoms with E-state index in [2.05, 4.69) is 16.9 Å². The van der Waals surface area contributed by atoms with E-state index in [1.165, 1.54) is 12.8 Å². The first-order chi connectivity index (χ1) is 12.6. The molecule has 1 aromatic heterocycles. The quantitative estimate of drug-likeness (QED) is 0.813. The molecule has 26 heavy (non-hydrogen) atoms. The Kier molecular flexibility index (Phi) is 4.76. The predicted octanol–water partition coefficient (Wildman–Crippen LogP) is 2.55. The molecule has 0 radical (unpaired) electrons. The van der Waals surface area contributed by atoms with Gasteiger partial charge in [-0.2, -0.15) is 5.10 Å². The van der Waals surface area contributed by atoms with Crippen molar-refractivity contribution >= 4 is 11.8 Å². The number of piperidine rings is 2. The Morgan fingerprint density at radius 2 is 2.15 bits per heavy atom. The molecule has 0 N–H and O–H groups in total. The molecule has 3 heterocycles. The van der Waals surface area contributed by atoms with Crippen molar-refractivity contribution in [1.82, 2.24) is 19.6 Å². The van der Waals surface area contributed by atoms with Gasteiger partial charge in [0.05, 0.1) is 0 Å². The van der Waals surface area contributed by atoms with Gasteiger partial charge in [0, 0.05) is 50.8 Å². The summed E-state index contributed by atoms with van der Waals surface area (Å²) in [4.78, 5) is 29.5. The number of nitrogens with zero attached hydrogens (tertiary/aromatic N) is 4. The summed E-state index contributed by atoms with van der Waals surface area (Å²) in [5, 5.41) is 4.30. The van der Waals surface area contributed by atoms with Crippen molar-refractivity contribution in [1.29, 1.82) is 0 Å². The van der Waals surface area contributed by atoms with Gasteiger partial charge < -0.3 is 9.80 Å². The number of aromatic nitrogens is 2. The molecular formula is C20H30N4O2. The highest BCUT2D eigenvalue weighted by Gasteiger charge is 2.44. The first-order valence-corrected chi connectivity index (χ1v) is 10.2. The van der Waals surface area contributed by atoms with Crippen LogP contribution in [0.25, 0.3) is 0 Å². The van der Waals surface area contributed by atoms with Gasteiger partial charge in [-0.05, 0) is 50.5 Å². The second kappa shape index (κ2) is 7.05. The van der Waals surface area contributed by atoms with E-state index in [1.807, 2.05) is 15.6 Å². The summed E-state index contributed by atoms with van der Waals surface area (Å²) in [7, 11) is 0. The van der Waals surface area contributed by atoms with Crippen LogP contribution in [-0.2, 0) is 11.3 Å². The lowest BCUT2D eigenvalue weighted by Gasteiger charge is -2.48. The Morgan fingerprint density at radius 3 is 2.92 bits per heavy atom. The van der Waals surface area contributed by atoms with E-state index >= 15 is 0 Å². The molecule has 1 atom stereocenters. The van der Waals surface area contributed by atoms with E-state index in [9.17, 15) is 9.59 Å². The molecule has 0 unspecified atom stereocenters. The van der Waals surface area contributed by atoms with Crippen molar-refractivity contribution in [2.24, 2.45) is 11.3 Å². The molecule has 2 amide bonds. The molecule has 1 saturated carbocycles. The van der Waals surface area contributed by atoms with Crippen molar-refractivity contribution < 1.29 is 9.59 Å². The number of aryl methyl sites for hydroxylation is 1. The molecule has 2 saturated heterocycles. The number of hydrogen-bond donors (Lipinski definition) is 0. The van der Waals surface area contributed by atoms with E-state index in [-0.39, 0.29) is 11.3 Å². The number of amides is 2. The average Bonchev–Trinajstić information content (AvgIpc) is 3.34. The van der Waals surface area contributed by atoms with Gasteiger partial charge in [-0.25, -0.2) is 0 Å². The van der Waals surface area contributed by atoms with Crippen LogP contribution >= 0.6 is 0 Å². The molecule has 6 heteroatoms. The number of hydrogen-bond acceptors (Lipinski definition) is 3. The van der Waals surface area contributed by atoms with E-state index in [1.54, 1.807) is 6.20 Å². The highest BCUT2D eigenvalue weighted by molar-refractivity contribution is 5.92. The Hall–Kier alpha value is -1.85. The number of carbonyl (C=O) groups excluding carboxylic acids is 2. The highest BCUT2D eigenvalue weighted by Crippen LogP contribution is 2.41. The third kappa shape index (κ3) is 3.51. The van der Waals surface area contributed by atoms with Crippen LogP contribution in [0, 0.1) is 11.3 Å². The summed E-state index contributed by atoms with van der Waals surface area (Å²) >= 11 is 0. The first kappa shape index (κ1) is 17.6. The third-order valence-electron chi connectivity index (χ3n) is 6.24. The largest absolute Gasteiger partial charge is 0.342 e. The van der Waals surface area contributed by atoms with E-state index in [0.717, 1.165) is 64.3 Å². The maximum atomic E-state index is 13.1. The van der Waals surface area contributed by atoms with E-state index in [4.69, 9.17) is 0 Å². The van der Waals surface area contributed by atoms with Gasteiger partial charge in [-0.15, -0.1) is 0 Å². The van der Waals surface area contributed by atoms with Gasteiger partial charge in [0.15, 0.2) is 0 Å². The van der Waals surface area contributed by atoms with Crippen molar-refractivity contribution in [2.75, 3.05) is 26.2 Å². The minimum Gasteiger partial charge on any atom is -0.342 e. The minimum absolute atomic E-state index is 0.0896. The van der Waals surface area contributed by atoms with Crippen molar-refractivity contribution in [2.45, 2.75) is 58.4 Å². The molecule has 3 fully saturated rings. The molecule has 0 aromatic carbocycles. The Morgan fingerprint density at radius 1 is 1.31 bits per heavy atom. The maximum Gasteiger partial charge on any atom is 0.272 e. The molecule has 0 bridgehead atoms. The van der Waals surface area contributed by atoms with Crippen LogP contribution in [0.1, 0.15) is 62.4 Å². The number of likely N-dealkylation sites (tertiary alicyclic amines) is 2. The highest BCUT2D eigenvalue weighted by atomic mass is 16.2. The van der Waals surface area contributed by atoms with Gasteiger partial charge in [0.2, 0.25) is 5.91 Å². The lowest BCUT2D eigenvalue weighted by atomic mass is 9.73. The molecule has 1 aliphatic carbocycles. The summed E-state index contributed by atoms with van der Waals surface area (Å²) in [5.74, 6) is 1.13. The molecule has 2 aliphatic heterocycles. The van der Waals surface area contributed by atoms with Crippen LogP contribution in [0.5, 0.6) is 0 Å². The zero-order valence-corrected chi connectivity index (χ0v) is 15.8. The fourth-order valence-electron chi connectivity index (χ4n) is 4.66. The van der Waals surface area contributed by atoms with Crippen LogP contribution in [0.15, 0.2) is 12.3 Å². The zero-order valence-electron chi connectivity index (χ0n) is 15.8. The van der Waals surface area contributed by atoms with Crippen LogP contribution in [0.2, 0.25) is 0 Å². The lowest BCUT2D eigenvalue weighted by molar-refractivity contribution is -0.139. The van der Waals surface area contributed by atoms with Crippen LogP contribution < -0.4 is 0 Å². The molecule has 1 aromatic rings. The van der Waals surface area contributed by atoms with Crippen molar-refractivity contribution in [3.63, 3.8) is 0 Å². The van der Waals surface area contributed by atoms with Gasteiger partial charge in [-0.3, -0.25) is 14.3 Å². The van der Waals surface area contributed by atoms with Gasteiger partial charge in [0.1, 0.15) is 5.69 Å². The number of rotatable bonds is 5. The predicted molar refractivity (Wildman–Crippen MR) is 98.6 cm³/mol. The van der Waals surface area contributed by atoms with Crippen LogP contribution in [0.4, 0.5) is 0 Å². The molecule has 6 nitrogen and oxygen atoms in total.